The number of aryl methyl sites for hydroxylation is 1. The van der Waals surface area contributed by atoms with Crippen LogP contribution < -0.4 is 20.1 Å². The molecule has 0 aliphatic carbocycles. The summed E-state index contributed by atoms with van der Waals surface area (Å²) < 4.78 is 11.1. The van der Waals surface area contributed by atoms with Gasteiger partial charge in [-0.15, -0.1) is 0 Å². The van der Waals surface area contributed by atoms with Crippen LogP contribution in [0.1, 0.15) is 18.9 Å². The van der Waals surface area contributed by atoms with Crippen molar-refractivity contribution in [3.8, 4) is 11.5 Å². The van der Waals surface area contributed by atoms with Crippen molar-refractivity contribution in [2.24, 2.45) is 0 Å². The predicted molar refractivity (Wildman–Crippen MR) is 95.1 cm³/mol. The summed E-state index contributed by atoms with van der Waals surface area (Å²) in [6.07, 6.45) is -0.294. The molecule has 25 heavy (non-hydrogen) atoms. The quantitative estimate of drug-likeness (QED) is 0.877. The summed E-state index contributed by atoms with van der Waals surface area (Å²) in [7, 11) is 0. The van der Waals surface area contributed by atoms with Crippen LogP contribution in [0.3, 0.4) is 0 Å². The van der Waals surface area contributed by atoms with Gasteiger partial charge in [-0.1, -0.05) is 12.1 Å². The third kappa shape index (κ3) is 4.29. The van der Waals surface area contributed by atoms with E-state index < -0.39 is 6.10 Å². The molecule has 0 fully saturated rings. The molecule has 0 radical (unpaired) electrons. The van der Waals surface area contributed by atoms with E-state index >= 15 is 0 Å². The molecular weight excluding hydrogens is 320 g/mol. The number of fused-ring (bicyclic) bond motifs is 1. The van der Waals surface area contributed by atoms with Crippen LogP contribution in [0.25, 0.3) is 0 Å². The fourth-order valence-corrected chi connectivity index (χ4v) is 2.48. The lowest BCUT2D eigenvalue weighted by molar-refractivity contribution is -0.122. The van der Waals surface area contributed by atoms with Crippen molar-refractivity contribution in [1.82, 2.24) is 0 Å². The van der Waals surface area contributed by atoms with Crippen LogP contribution in [-0.4, -0.2) is 24.5 Å². The van der Waals surface area contributed by atoms with E-state index in [2.05, 4.69) is 10.6 Å². The molecule has 1 heterocycles. The van der Waals surface area contributed by atoms with E-state index in [9.17, 15) is 9.59 Å². The molecule has 130 valence electrons. The van der Waals surface area contributed by atoms with Crippen molar-refractivity contribution in [2.75, 3.05) is 17.2 Å². The number of amides is 2. The summed E-state index contributed by atoms with van der Waals surface area (Å²) in [5.41, 5.74) is 2.25. The first-order chi connectivity index (χ1) is 12.0. The van der Waals surface area contributed by atoms with Crippen LogP contribution in [-0.2, 0) is 9.59 Å². The number of benzene rings is 2. The zero-order valence-corrected chi connectivity index (χ0v) is 14.2. The van der Waals surface area contributed by atoms with Gasteiger partial charge in [0.2, 0.25) is 5.91 Å². The number of carbonyl (C=O) groups is 2. The highest BCUT2D eigenvalue weighted by Crippen LogP contribution is 2.32. The first-order valence-electron chi connectivity index (χ1n) is 8.12. The van der Waals surface area contributed by atoms with Crippen LogP contribution in [0, 0.1) is 6.92 Å². The third-order valence-corrected chi connectivity index (χ3v) is 3.78. The second-order valence-corrected chi connectivity index (χ2v) is 5.92. The first kappa shape index (κ1) is 16.8. The molecule has 0 spiro atoms. The molecule has 0 saturated carbocycles. The molecular formula is C19H20N2O4. The maximum absolute atomic E-state index is 12.0. The molecule has 2 N–H and O–H groups in total. The molecule has 6 heteroatoms. The number of hydrogen-bond donors (Lipinski definition) is 2. The Hall–Kier alpha value is -3.02. The van der Waals surface area contributed by atoms with Crippen LogP contribution >= 0.6 is 0 Å². The lowest BCUT2D eigenvalue weighted by Gasteiger charge is -2.23. The Morgan fingerprint density at radius 2 is 2.12 bits per heavy atom. The van der Waals surface area contributed by atoms with Crippen LogP contribution in [0.2, 0.25) is 0 Å². The standard InChI is InChI=1S/C19H20N2O4/c1-12-4-3-5-15(10-12)24-9-8-18(22)20-14-6-7-17-16(11-14)21-19(23)13(2)25-17/h3-7,10-11,13H,8-9H2,1-2H3,(H,20,22)(H,21,23)/t13-/m1/s1. The van der Waals surface area contributed by atoms with Gasteiger partial charge in [0.05, 0.1) is 18.7 Å². The Morgan fingerprint density at radius 3 is 2.92 bits per heavy atom. The van der Waals surface area contributed by atoms with Crippen molar-refractivity contribution in [3.05, 3.63) is 48.0 Å². The largest absolute Gasteiger partial charge is 0.493 e. The summed E-state index contributed by atoms with van der Waals surface area (Å²) in [6.45, 7) is 3.96. The second kappa shape index (κ2) is 7.25. The molecule has 2 amide bonds. The van der Waals surface area contributed by atoms with Gasteiger partial charge in [-0.05, 0) is 49.7 Å². The monoisotopic (exact) mass is 340 g/mol. The van der Waals surface area contributed by atoms with Crippen molar-refractivity contribution < 1.29 is 19.1 Å². The van der Waals surface area contributed by atoms with Crippen LogP contribution in [0.15, 0.2) is 42.5 Å². The number of hydrogen-bond acceptors (Lipinski definition) is 4. The summed E-state index contributed by atoms with van der Waals surface area (Å²) in [5, 5.41) is 5.54. The normalized spacial score (nSPS) is 15.6. The molecule has 0 unspecified atom stereocenters. The zero-order valence-electron chi connectivity index (χ0n) is 14.2. The van der Waals surface area contributed by atoms with Crippen LogP contribution in [0.5, 0.6) is 11.5 Å². The lowest BCUT2D eigenvalue weighted by atomic mass is 10.2. The van der Waals surface area contributed by atoms with Crippen molar-refractivity contribution in [2.45, 2.75) is 26.4 Å². The van der Waals surface area contributed by atoms with Crippen molar-refractivity contribution >= 4 is 23.2 Å². The topological polar surface area (TPSA) is 76.7 Å². The molecule has 2 aromatic carbocycles. The Kier molecular flexibility index (Phi) is 4.88. The van der Waals surface area contributed by atoms with Gasteiger partial charge in [0.25, 0.3) is 5.91 Å². The number of carbonyl (C=O) groups excluding carboxylic acids is 2. The highest BCUT2D eigenvalue weighted by molar-refractivity contribution is 5.99. The van der Waals surface area contributed by atoms with Crippen molar-refractivity contribution in [3.63, 3.8) is 0 Å². The van der Waals surface area contributed by atoms with E-state index in [0.717, 1.165) is 11.3 Å². The van der Waals surface area contributed by atoms with Gasteiger partial charge < -0.3 is 20.1 Å². The summed E-state index contributed by atoms with van der Waals surface area (Å²) >= 11 is 0. The van der Waals surface area contributed by atoms with Crippen LogP contribution in [0.4, 0.5) is 11.4 Å². The minimum atomic E-state index is -0.522. The van der Waals surface area contributed by atoms with Crippen molar-refractivity contribution in [1.29, 1.82) is 0 Å². The molecule has 3 rings (SSSR count). The second-order valence-electron chi connectivity index (χ2n) is 5.92. The summed E-state index contributed by atoms with van der Waals surface area (Å²) in [5.74, 6) is 0.968. The van der Waals surface area contributed by atoms with Gasteiger partial charge in [-0.2, -0.15) is 0 Å². The Bertz CT molecular complexity index is 804. The molecule has 1 aliphatic heterocycles. The fraction of sp³-hybridized carbons (Fsp3) is 0.263. The average Bonchev–Trinajstić information content (AvgIpc) is 2.56. The molecule has 0 aromatic heterocycles. The molecule has 1 atom stereocenters. The smallest absolute Gasteiger partial charge is 0.265 e. The van der Waals surface area contributed by atoms with Gasteiger partial charge >= 0.3 is 0 Å². The van der Waals surface area contributed by atoms with Gasteiger partial charge in [0, 0.05) is 5.69 Å². The third-order valence-electron chi connectivity index (χ3n) is 3.78. The zero-order chi connectivity index (χ0) is 17.8. The minimum absolute atomic E-state index is 0.163. The molecule has 0 bridgehead atoms. The molecule has 2 aromatic rings. The Balaban J connectivity index is 1.53. The Labute approximate surface area is 146 Å². The first-order valence-corrected chi connectivity index (χ1v) is 8.12. The lowest BCUT2D eigenvalue weighted by Crippen LogP contribution is -2.34. The Morgan fingerprint density at radius 1 is 1.28 bits per heavy atom. The molecule has 6 nitrogen and oxygen atoms in total. The fourth-order valence-electron chi connectivity index (χ4n) is 2.48. The number of rotatable bonds is 5. The SMILES string of the molecule is Cc1cccc(OCCC(=O)Nc2ccc3c(c2)NC(=O)[C@@H](C)O3)c1. The maximum Gasteiger partial charge on any atom is 0.265 e. The number of anilines is 2. The predicted octanol–water partition coefficient (Wildman–Crippen LogP) is 3.12. The van der Waals surface area contributed by atoms with E-state index in [-0.39, 0.29) is 24.8 Å². The van der Waals surface area contributed by atoms with E-state index in [0.29, 0.717) is 17.1 Å². The van der Waals surface area contributed by atoms with E-state index in [1.54, 1.807) is 25.1 Å². The average molecular weight is 340 g/mol. The van der Waals surface area contributed by atoms with Gasteiger partial charge in [-0.25, -0.2) is 0 Å². The van der Waals surface area contributed by atoms with E-state index in [1.807, 2.05) is 31.2 Å². The molecule has 1 aliphatic rings. The van der Waals surface area contributed by atoms with Gasteiger partial charge in [0.1, 0.15) is 11.5 Å². The molecule has 0 saturated heterocycles. The summed E-state index contributed by atoms with van der Waals surface area (Å²) in [6, 6.07) is 12.8. The summed E-state index contributed by atoms with van der Waals surface area (Å²) in [4.78, 5) is 23.7. The highest BCUT2D eigenvalue weighted by Gasteiger charge is 2.23. The minimum Gasteiger partial charge on any atom is -0.493 e. The number of ether oxygens (including phenoxy) is 2. The van der Waals surface area contributed by atoms with Gasteiger partial charge in [-0.3, -0.25) is 9.59 Å². The van der Waals surface area contributed by atoms with E-state index in [1.165, 1.54) is 0 Å². The number of nitrogens with one attached hydrogen (secondary N) is 2. The maximum atomic E-state index is 12.0. The van der Waals surface area contributed by atoms with Gasteiger partial charge in [0.15, 0.2) is 6.10 Å². The van der Waals surface area contributed by atoms with E-state index in [4.69, 9.17) is 9.47 Å². The highest BCUT2D eigenvalue weighted by atomic mass is 16.5.